The van der Waals surface area contributed by atoms with Gasteiger partial charge in [-0.15, -0.1) is 0 Å². The van der Waals surface area contributed by atoms with E-state index in [4.69, 9.17) is 12.2 Å². The molecule has 0 radical (unpaired) electrons. The van der Waals surface area contributed by atoms with Crippen molar-refractivity contribution in [3.8, 4) is 6.07 Å². The molecule has 2 aromatic carbocycles. The Hall–Kier alpha value is -4.17. The van der Waals surface area contributed by atoms with Gasteiger partial charge >= 0.3 is 6.03 Å². The van der Waals surface area contributed by atoms with Gasteiger partial charge in [0.2, 0.25) is 0 Å². The van der Waals surface area contributed by atoms with Gasteiger partial charge in [-0.2, -0.15) is 5.26 Å². The fourth-order valence-electron chi connectivity index (χ4n) is 5.52. The van der Waals surface area contributed by atoms with E-state index >= 15 is 0 Å². The second-order valence-corrected chi connectivity index (χ2v) is 9.31. The number of hydrogen-bond acceptors (Lipinski definition) is 5. The highest BCUT2D eigenvalue weighted by molar-refractivity contribution is 7.80. The van der Waals surface area contributed by atoms with Gasteiger partial charge in [0.05, 0.1) is 24.0 Å². The van der Waals surface area contributed by atoms with E-state index in [0.29, 0.717) is 29.4 Å². The Bertz CT molecular complexity index is 1490. The number of nitriles is 1. The molecule has 3 aromatic rings. The molecule has 1 aromatic heterocycles. The Morgan fingerprint density at radius 3 is 2.58 bits per heavy atom. The van der Waals surface area contributed by atoms with Crippen LogP contribution in [-0.2, 0) is 11.3 Å². The highest BCUT2D eigenvalue weighted by Gasteiger charge is 2.62. The minimum atomic E-state index is -0.740. The SMILES string of the molecule is N#Cc1ncc(N2C(=O)[C@H]3C4CC(CN4C(=S)NCc4c(F)cccc4F)N3C2=O)c2ccccc12. The number of aromatic nitrogens is 1. The molecule has 6 rings (SSSR count). The maximum Gasteiger partial charge on any atom is 0.332 e. The molecule has 0 spiro atoms. The van der Waals surface area contributed by atoms with E-state index in [-0.39, 0.29) is 35.0 Å². The molecular weight excluding hydrogens is 486 g/mol. The van der Waals surface area contributed by atoms with E-state index in [0.717, 1.165) is 4.90 Å². The lowest BCUT2D eigenvalue weighted by molar-refractivity contribution is -0.120. The van der Waals surface area contributed by atoms with Crippen LogP contribution in [0.1, 0.15) is 17.7 Å². The number of piperazine rings is 1. The van der Waals surface area contributed by atoms with Gasteiger partial charge in [0.15, 0.2) is 5.11 Å². The topological polar surface area (TPSA) is 92.6 Å². The van der Waals surface area contributed by atoms with Crippen molar-refractivity contribution >= 4 is 45.7 Å². The summed E-state index contributed by atoms with van der Waals surface area (Å²) >= 11 is 5.51. The van der Waals surface area contributed by atoms with Crippen molar-refractivity contribution in [1.29, 1.82) is 5.26 Å². The van der Waals surface area contributed by atoms with Crippen LogP contribution in [0.25, 0.3) is 10.8 Å². The number of fused-ring (bicyclic) bond motifs is 6. The average Bonchev–Trinajstić information content (AvgIpc) is 3.54. The third-order valence-corrected chi connectivity index (χ3v) is 7.50. The summed E-state index contributed by atoms with van der Waals surface area (Å²) in [4.78, 5) is 35.8. The summed E-state index contributed by atoms with van der Waals surface area (Å²) < 4.78 is 28.0. The van der Waals surface area contributed by atoms with Crippen molar-refractivity contribution in [2.75, 3.05) is 11.4 Å². The first-order valence-electron chi connectivity index (χ1n) is 11.3. The molecule has 0 saturated carbocycles. The van der Waals surface area contributed by atoms with Gasteiger partial charge in [0.25, 0.3) is 5.91 Å². The predicted octanol–water partition coefficient (Wildman–Crippen LogP) is 3.05. The molecule has 8 nitrogen and oxygen atoms in total. The monoisotopic (exact) mass is 504 g/mol. The Kier molecular flexibility index (Phi) is 5.08. The maximum atomic E-state index is 14.0. The highest BCUT2D eigenvalue weighted by atomic mass is 32.1. The van der Waals surface area contributed by atoms with Crippen molar-refractivity contribution in [1.82, 2.24) is 20.1 Å². The van der Waals surface area contributed by atoms with Gasteiger partial charge in [0, 0.05) is 29.4 Å². The van der Waals surface area contributed by atoms with Crippen molar-refractivity contribution in [3.63, 3.8) is 0 Å². The third-order valence-electron chi connectivity index (χ3n) is 7.12. The maximum absolute atomic E-state index is 14.0. The number of likely N-dealkylation sites (tertiary alicyclic amines) is 1. The largest absolute Gasteiger partial charge is 0.358 e. The van der Waals surface area contributed by atoms with E-state index < -0.39 is 29.6 Å². The van der Waals surface area contributed by atoms with Gasteiger partial charge in [0.1, 0.15) is 29.4 Å². The van der Waals surface area contributed by atoms with Crippen LogP contribution in [0.2, 0.25) is 0 Å². The fourth-order valence-corrected chi connectivity index (χ4v) is 5.81. The minimum absolute atomic E-state index is 0.121. The quantitative estimate of drug-likeness (QED) is 0.433. The van der Waals surface area contributed by atoms with E-state index in [9.17, 15) is 23.6 Å². The number of hydrogen-bond donors (Lipinski definition) is 1. The molecule has 36 heavy (non-hydrogen) atoms. The number of benzene rings is 2. The number of pyridine rings is 1. The lowest BCUT2D eigenvalue weighted by Crippen LogP contribution is -2.56. The van der Waals surface area contributed by atoms with Crippen LogP contribution < -0.4 is 10.2 Å². The van der Waals surface area contributed by atoms with Gasteiger partial charge in [-0.1, -0.05) is 30.3 Å². The molecule has 4 heterocycles. The van der Waals surface area contributed by atoms with Gasteiger partial charge in [-0.25, -0.2) is 23.5 Å². The number of amides is 3. The molecular formula is C25H18F2N6O2S. The molecule has 0 aliphatic carbocycles. The Labute approximate surface area is 209 Å². The lowest BCUT2D eigenvalue weighted by atomic mass is 10.1. The zero-order valence-electron chi connectivity index (χ0n) is 18.7. The normalized spacial score (nSPS) is 22.4. The summed E-state index contributed by atoms with van der Waals surface area (Å²) in [6, 6.07) is 10.9. The summed E-state index contributed by atoms with van der Waals surface area (Å²) in [6.45, 7) is 0.271. The lowest BCUT2D eigenvalue weighted by Gasteiger charge is -2.36. The molecule has 3 aliphatic rings. The van der Waals surface area contributed by atoms with Crippen LogP contribution in [0.15, 0.2) is 48.7 Å². The minimum Gasteiger partial charge on any atom is -0.358 e. The predicted molar refractivity (Wildman–Crippen MR) is 130 cm³/mol. The Balaban J connectivity index is 1.26. The fraction of sp³-hybridized carbons (Fsp3) is 0.240. The van der Waals surface area contributed by atoms with Crippen molar-refractivity contribution in [3.05, 3.63) is 71.6 Å². The zero-order valence-corrected chi connectivity index (χ0v) is 19.5. The molecule has 11 heteroatoms. The average molecular weight is 505 g/mol. The van der Waals surface area contributed by atoms with Crippen LogP contribution in [0.3, 0.4) is 0 Å². The van der Waals surface area contributed by atoms with E-state index in [1.165, 1.54) is 24.4 Å². The van der Waals surface area contributed by atoms with Gasteiger partial charge in [-0.05, 0) is 30.8 Å². The number of anilines is 1. The summed E-state index contributed by atoms with van der Waals surface area (Å²) in [6.07, 6.45) is 1.95. The zero-order chi connectivity index (χ0) is 25.1. The molecule has 3 saturated heterocycles. The number of imide groups is 1. The third kappa shape index (κ3) is 3.14. The van der Waals surface area contributed by atoms with Crippen molar-refractivity contribution < 1.29 is 18.4 Å². The number of halogens is 2. The molecule has 3 atom stereocenters. The Morgan fingerprint density at radius 1 is 1.14 bits per heavy atom. The smallest absolute Gasteiger partial charge is 0.332 e. The first-order chi connectivity index (χ1) is 17.4. The second kappa shape index (κ2) is 8.20. The van der Waals surface area contributed by atoms with E-state index in [1.54, 1.807) is 29.2 Å². The van der Waals surface area contributed by atoms with Crippen LogP contribution in [0.4, 0.5) is 19.3 Å². The molecule has 2 bridgehead atoms. The molecule has 3 aliphatic heterocycles. The summed E-state index contributed by atoms with van der Waals surface area (Å²) in [7, 11) is 0. The van der Waals surface area contributed by atoms with Gasteiger partial charge in [-0.3, -0.25) is 4.79 Å². The molecule has 3 fully saturated rings. The van der Waals surface area contributed by atoms with Crippen molar-refractivity contribution in [2.45, 2.75) is 31.1 Å². The number of nitrogens with one attached hydrogen (secondary N) is 1. The number of thiocarbonyl (C=S) groups is 1. The van der Waals surface area contributed by atoms with Gasteiger partial charge < -0.3 is 15.1 Å². The van der Waals surface area contributed by atoms with Crippen LogP contribution in [0.5, 0.6) is 0 Å². The van der Waals surface area contributed by atoms with Crippen molar-refractivity contribution in [2.24, 2.45) is 0 Å². The molecule has 2 unspecified atom stereocenters. The summed E-state index contributed by atoms with van der Waals surface area (Å²) in [5.74, 6) is -1.73. The van der Waals surface area contributed by atoms with E-state index in [1.807, 2.05) is 11.0 Å². The Morgan fingerprint density at radius 2 is 1.86 bits per heavy atom. The number of nitrogens with zero attached hydrogens (tertiary/aromatic N) is 5. The molecule has 1 N–H and O–H groups in total. The molecule has 180 valence electrons. The first kappa shape index (κ1) is 22.3. The van der Waals surface area contributed by atoms with Crippen LogP contribution >= 0.6 is 12.2 Å². The number of carbonyl (C=O) groups is 2. The van der Waals surface area contributed by atoms with Crippen LogP contribution in [0, 0.1) is 23.0 Å². The number of carbonyl (C=O) groups excluding carboxylic acids is 2. The highest BCUT2D eigenvalue weighted by Crippen LogP contribution is 2.43. The second-order valence-electron chi connectivity index (χ2n) is 8.93. The summed E-state index contributed by atoms with van der Waals surface area (Å²) in [5.41, 5.74) is 0.419. The van der Waals surface area contributed by atoms with Crippen LogP contribution in [-0.4, -0.2) is 56.5 Å². The summed E-state index contributed by atoms with van der Waals surface area (Å²) in [5, 5.41) is 13.7. The number of rotatable bonds is 3. The molecule has 3 amide bonds. The first-order valence-corrected chi connectivity index (χ1v) is 11.7. The number of urea groups is 1. The standard InChI is InChI=1S/C25H18F2N6O2S/c26-17-6-3-7-18(27)16(17)10-30-24(36)31-12-13-8-20(31)22-23(34)33(25(35)32(13)22)21-11-29-19(9-28)14-4-1-2-5-15(14)21/h1-7,11,13,20,22H,8,10,12H2,(H,30,36)/t13?,20?,22-/m1/s1. The van der Waals surface area contributed by atoms with E-state index in [2.05, 4.69) is 10.3 Å².